The van der Waals surface area contributed by atoms with Crippen molar-refractivity contribution in [2.45, 2.75) is 0 Å². The highest BCUT2D eigenvalue weighted by molar-refractivity contribution is 5.18. The number of nitrogens with one attached hydrogen (secondary N) is 1. The fourth-order valence-electron chi connectivity index (χ4n) is 0.604. The van der Waals surface area contributed by atoms with Crippen LogP contribution in [0.15, 0.2) is 49.2 Å². The normalized spacial score (nSPS) is 15.0. The van der Waals surface area contributed by atoms with Crippen LogP contribution in [0.4, 0.5) is 0 Å². The monoisotopic (exact) mass is 135 g/mol. The van der Waals surface area contributed by atoms with E-state index in [1.807, 2.05) is 24.3 Å². The second kappa shape index (κ2) is 3.56. The summed E-state index contributed by atoms with van der Waals surface area (Å²) in [6, 6.07) is 0. The van der Waals surface area contributed by atoms with Crippen LogP contribution < -0.4 is 5.32 Å². The Bertz CT molecular complexity index is 201. The van der Waals surface area contributed by atoms with E-state index < -0.39 is 0 Å². The average molecular weight is 135 g/mol. The first-order valence-electron chi connectivity index (χ1n) is 3.01. The standard InChI is InChI=1S/C8H9NO/c1-2-10-8-6-4-3-5-7-9-8/h2-7,9H,1H2. The Hall–Kier alpha value is -1.44. The zero-order valence-electron chi connectivity index (χ0n) is 5.58. The van der Waals surface area contributed by atoms with Crippen molar-refractivity contribution in [3.8, 4) is 0 Å². The molecule has 1 heterocycles. The lowest BCUT2D eigenvalue weighted by atomic mass is 10.5. The SMILES string of the molecule is C=COC1=CC=CC=CN1. The van der Waals surface area contributed by atoms with Gasteiger partial charge in [-0.3, -0.25) is 0 Å². The second-order valence-electron chi connectivity index (χ2n) is 1.70. The maximum atomic E-state index is 4.97. The fourth-order valence-corrected chi connectivity index (χ4v) is 0.604. The van der Waals surface area contributed by atoms with Gasteiger partial charge in [-0.15, -0.1) is 0 Å². The van der Waals surface area contributed by atoms with Gasteiger partial charge >= 0.3 is 0 Å². The minimum Gasteiger partial charge on any atom is -0.449 e. The summed E-state index contributed by atoms with van der Waals surface area (Å²) in [5.41, 5.74) is 0. The third kappa shape index (κ3) is 1.82. The van der Waals surface area contributed by atoms with Crippen LogP contribution in [0, 0.1) is 0 Å². The Morgan fingerprint density at radius 3 is 3.10 bits per heavy atom. The molecule has 0 unspecified atom stereocenters. The van der Waals surface area contributed by atoms with Gasteiger partial charge < -0.3 is 10.1 Å². The van der Waals surface area contributed by atoms with Crippen molar-refractivity contribution >= 4 is 0 Å². The van der Waals surface area contributed by atoms with Crippen LogP contribution in [0.1, 0.15) is 0 Å². The Morgan fingerprint density at radius 2 is 2.30 bits per heavy atom. The second-order valence-corrected chi connectivity index (χ2v) is 1.70. The lowest BCUT2D eigenvalue weighted by Crippen LogP contribution is -2.04. The van der Waals surface area contributed by atoms with E-state index in [-0.39, 0.29) is 0 Å². The molecule has 0 aromatic rings. The van der Waals surface area contributed by atoms with Crippen LogP contribution >= 0.6 is 0 Å². The summed E-state index contributed by atoms with van der Waals surface area (Å²) >= 11 is 0. The first kappa shape index (κ1) is 6.68. The third-order valence-corrected chi connectivity index (χ3v) is 1.00. The van der Waals surface area contributed by atoms with Gasteiger partial charge in [-0.25, -0.2) is 0 Å². The molecule has 0 spiro atoms. The summed E-state index contributed by atoms with van der Waals surface area (Å²) < 4.78 is 4.97. The van der Waals surface area contributed by atoms with E-state index >= 15 is 0 Å². The van der Waals surface area contributed by atoms with Crippen molar-refractivity contribution < 1.29 is 4.74 Å². The highest BCUT2D eigenvalue weighted by Gasteiger charge is 1.89. The van der Waals surface area contributed by atoms with E-state index in [1.54, 1.807) is 6.20 Å². The highest BCUT2D eigenvalue weighted by Crippen LogP contribution is 1.96. The molecule has 1 aliphatic rings. The summed E-state index contributed by atoms with van der Waals surface area (Å²) in [5, 5.41) is 2.91. The van der Waals surface area contributed by atoms with E-state index in [4.69, 9.17) is 4.74 Å². The molecule has 1 aliphatic heterocycles. The summed E-state index contributed by atoms with van der Waals surface area (Å²) in [7, 11) is 0. The predicted molar refractivity (Wildman–Crippen MR) is 40.8 cm³/mol. The summed E-state index contributed by atoms with van der Waals surface area (Å²) in [4.78, 5) is 0. The van der Waals surface area contributed by atoms with Crippen LogP contribution in [0.2, 0.25) is 0 Å². The van der Waals surface area contributed by atoms with Crippen molar-refractivity contribution in [2.24, 2.45) is 0 Å². The van der Waals surface area contributed by atoms with Gasteiger partial charge in [0.25, 0.3) is 0 Å². The largest absolute Gasteiger partial charge is 0.449 e. The number of ether oxygens (including phenoxy) is 1. The molecule has 0 saturated heterocycles. The van der Waals surface area contributed by atoms with E-state index in [9.17, 15) is 0 Å². The average Bonchev–Trinajstić information content (AvgIpc) is 2.17. The summed E-state index contributed by atoms with van der Waals surface area (Å²) in [5.74, 6) is 0.681. The van der Waals surface area contributed by atoms with Crippen molar-refractivity contribution in [3.63, 3.8) is 0 Å². The van der Waals surface area contributed by atoms with Crippen LogP contribution in [-0.4, -0.2) is 0 Å². The Morgan fingerprint density at radius 1 is 1.40 bits per heavy atom. The fraction of sp³-hybridized carbons (Fsp3) is 0. The van der Waals surface area contributed by atoms with Crippen molar-refractivity contribution in [3.05, 3.63) is 49.2 Å². The van der Waals surface area contributed by atoms with Gasteiger partial charge in [0.2, 0.25) is 0 Å². The molecule has 0 aromatic carbocycles. The molecule has 0 radical (unpaired) electrons. The van der Waals surface area contributed by atoms with Crippen LogP contribution in [0.5, 0.6) is 0 Å². The molecule has 1 N–H and O–H groups in total. The lowest BCUT2D eigenvalue weighted by Gasteiger charge is -2.01. The van der Waals surface area contributed by atoms with Crippen molar-refractivity contribution in [1.82, 2.24) is 5.32 Å². The molecule has 2 nitrogen and oxygen atoms in total. The van der Waals surface area contributed by atoms with Crippen molar-refractivity contribution in [2.75, 3.05) is 0 Å². The predicted octanol–water partition coefficient (Wildman–Crippen LogP) is 1.66. The topological polar surface area (TPSA) is 21.3 Å². The molecule has 0 aromatic heterocycles. The molecule has 0 aliphatic carbocycles. The quantitative estimate of drug-likeness (QED) is 0.581. The Kier molecular flexibility index (Phi) is 2.38. The van der Waals surface area contributed by atoms with Gasteiger partial charge in [-0.05, 0) is 12.2 Å². The number of rotatable bonds is 2. The highest BCUT2D eigenvalue weighted by atomic mass is 16.5. The van der Waals surface area contributed by atoms with Gasteiger partial charge in [0.15, 0.2) is 5.88 Å². The van der Waals surface area contributed by atoms with Gasteiger partial charge in [0.05, 0.1) is 6.26 Å². The molecule has 0 atom stereocenters. The van der Waals surface area contributed by atoms with E-state index in [2.05, 4.69) is 11.9 Å². The Labute approximate surface area is 60.2 Å². The molecule has 1 rings (SSSR count). The maximum Gasteiger partial charge on any atom is 0.196 e. The Balaban J connectivity index is 2.58. The third-order valence-electron chi connectivity index (χ3n) is 1.00. The van der Waals surface area contributed by atoms with E-state index in [0.717, 1.165) is 0 Å². The zero-order chi connectivity index (χ0) is 7.23. The first-order chi connectivity index (χ1) is 4.93. The zero-order valence-corrected chi connectivity index (χ0v) is 5.58. The molecular formula is C8H9NO. The molecule has 2 heteroatoms. The van der Waals surface area contributed by atoms with Gasteiger partial charge in [0, 0.05) is 6.20 Å². The first-order valence-corrected chi connectivity index (χ1v) is 3.01. The summed E-state index contributed by atoms with van der Waals surface area (Å²) in [6.45, 7) is 3.43. The molecule has 10 heavy (non-hydrogen) atoms. The van der Waals surface area contributed by atoms with Crippen LogP contribution in [-0.2, 0) is 4.74 Å². The minimum atomic E-state index is 0.681. The molecule has 0 saturated carbocycles. The minimum absolute atomic E-state index is 0.681. The number of allylic oxidation sites excluding steroid dienone is 4. The molecule has 0 amide bonds. The van der Waals surface area contributed by atoms with Gasteiger partial charge in [-0.2, -0.15) is 0 Å². The lowest BCUT2D eigenvalue weighted by molar-refractivity contribution is 0.330. The smallest absolute Gasteiger partial charge is 0.196 e. The summed E-state index contributed by atoms with van der Waals surface area (Å²) in [6.07, 6.45) is 10.7. The van der Waals surface area contributed by atoms with E-state index in [0.29, 0.717) is 5.88 Å². The molecule has 0 fully saturated rings. The van der Waals surface area contributed by atoms with E-state index in [1.165, 1.54) is 6.26 Å². The molecular weight excluding hydrogens is 126 g/mol. The van der Waals surface area contributed by atoms with Crippen LogP contribution in [0.3, 0.4) is 0 Å². The number of hydrogen-bond acceptors (Lipinski definition) is 2. The van der Waals surface area contributed by atoms with Gasteiger partial charge in [-0.1, -0.05) is 18.7 Å². The van der Waals surface area contributed by atoms with Gasteiger partial charge in [0.1, 0.15) is 0 Å². The molecule has 0 bridgehead atoms. The van der Waals surface area contributed by atoms with Crippen LogP contribution in [0.25, 0.3) is 0 Å². The maximum absolute atomic E-state index is 4.97. The van der Waals surface area contributed by atoms with Crippen molar-refractivity contribution in [1.29, 1.82) is 0 Å². The number of hydrogen-bond donors (Lipinski definition) is 1. The molecule has 52 valence electrons.